The van der Waals surface area contributed by atoms with Gasteiger partial charge in [0, 0.05) is 31.1 Å². The maximum Gasteiger partial charge on any atom is 0.333 e. The average molecular weight is 222 g/mol. The number of carbonyl (C=O) groups is 1. The fraction of sp³-hybridized carbons (Fsp3) is 0.667. The monoisotopic (exact) mass is 222 g/mol. The lowest BCUT2D eigenvalue weighted by Crippen LogP contribution is -2.27. The fourth-order valence-electron chi connectivity index (χ4n) is 1.55. The topological polar surface area (TPSA) is 53.3 Å². The van der Waals surface area contributed by atoms with Gasteiger partial charge >= 0.3 is 5.97 Å². The quantitative estimate of drug-likeness (QED) is 0.504. The van der Waals surface area contributed by atoms with Crippen LogP contribution in [0.25, 0.3) is 0 Å². The number of carbonyl (C=O) groups excluding carboxylic acids is 1. The van der Waals surface area contributed by atoms with E-state index in [1.165, 1.54) is 20.0 Å². The predicted molar refractivity (Wildman–Crippen MR) is 60.6 cm³/mol. The summed E-state index contributed by atoms with van der Waals surface area (Å²) in [6.45, 7) is 3.26. The zero-order valence-electron chi connectivity index (χ0n) is 9.90. The lowest BCUT2D eigenvalue weighted by molar-refractivity contribution is -0.136. The van der Waals surface area contributed by atoms with Crippen LogP contribution < -0.4 is 0 Å². The lowest BCUT2D eigenvalue weighted by atomic mass is 10.2. The van der Waals surface area contributed by atoms with Crippen molar-refractivity contribution in [3.8, 4) is 6.07 Å². The van der Waals surface area contributed by atoms with E-state index in [1.54, 1.807) is 6.92 Å². The van der Waals surface area contributed by atoms with Crippen molar-refractivity contribution in [3.05, 3.63) is 11.6 Å². The number of methoxy groups -OCH3 is 1. The Balaban J connectivity index is 2.42. The Bertz CT molecular complexity index is 313. The second-order valence-electron chi connectivity index (χ2n) is 4.01. The maximum absolute atomic E-state index is 11.2. The summed E-state index contributed by atoms with van der Waals surface area (Å²) < 4.78 is 4.62. The van der Waals surface area contributed by atoms with Gasteiger partial charge in [-0.15, -0.1) is 0 Å². The van der Waals surface area contributed by atoms with Crippen molar-refractivity contribution >= 4 is 5.97 Å². The van der Waals surface area contributed by atoms with Crippen LogP contribution in [0.1, 0.15) is 26.2 Å². The molecule has 0 heterocycles. The summed E-state index contributed by atoms with van der Waals surface area (Å²) in [5, 5.41) is 8.55. The lowest BCUT2D eigenvalue weighted by Gasteiger charge is -2.18. The molecule has 0 aromatic heterocycles. The molecule has 0 aromatic carbocycles. The number of esters is 1. The third-order valence-electron chi connectivity index (χ3n) is 2.71. The van der Waals surface area contributed by atoms with Gasteiger partial charge in [0.25, 0.3) is 0 Å². The first kappa shape index (κ1) is 12.7. The third-order valence-corrected chi connectivity index (χ3v) is 2.71. The Morgan fingerprint density at radius 1 is 1.62 bits per heavy atom. The highest BCUT2D eigenvalue weighted by Crippen LogP contribution is 2.26. The molecule has 0 atom stereocenters. The van der Waals surface area contributed by atoms with Crippen LogP contribution in [0.3, 0.4) is 0 Å². The molecule has 0 aliphatic heterocycles. The molecule has 0 spiro atoms. The highest BCUT2D eigenvalue weighted by atomic mass is 16.5. The molecule has 0 amide bonds. The molecule has 16 heavy (non-hydrogen) atoms. The van der Waals surface area contributed by atoms with Crippen molar-refractivity contribution in [2.45, 2.75) is 32.2 Å². The Morgan fingerprint density at radius 3 is 2.81 bits per heavy atom. The number of rotatable bonds is 6. The highest BCUT2D eigenvalue weighted by molar-refractivity contribution is 5.87. The molecular weight excluding hydrogens is 204 g/mol. The van der Waals surface area contributed by atoms with E-state index in [4.69, 9.17) is 5.26 Å². The smallest absolute Gasteiger partial charge is 0.333 e. The van der Waals surface area contributed by atoms with E-state index < -0.39 is 0 Å². The van der Waals surface area contributed by atoms with Crippen molar-refractivity contribution in [2.24, 2.45) is 0 Å². The molecule has 0 N–H and O–H groups in total. The van der Waals surface area contributed by atoms with Gasteiger partial charge in [-0.1, -0.05) is 6.08 Å². The minimum absolute atomic E-state index is 0.281. The average Bonchev–Trinajstić information content (AvgIpc) is 3.11. The third kappa shape index (κ3) is 4.03. The number of nitrogens with zero attached hydrogens (tertiary/aromatic N) is 2. The highest BCUT2D eigenvalue weighted by Gasteiger charge is 2.27. The van der Waals surface area contributed by atoms with Crippen LogP contribution >= 0.6 is 0 Å². The summed E-state index contributed by atoms with van der Waals surface area (Å²) in [4.78, 5) is 13.4. The van der Waals surface area contributed by atoms with E-state index in [0.717, 1.165) is 13.1 Å². The van der Waals surface area contributed by atoms with Gasteiger partial charge in [-0.05, 0) is 19.8 Å². The summed E-state index contributed by atoms with van der Waals surface area (Å²) in [6.07, 6.45) is 4.83. The van der Waals surface area contributed by atoms with E-state index in [0.29, 0.717) is 18.0 Å². The van der Waals surface area contributed by atoms with Gasteiger partial charge in [0.2, 0.25) is 0 Å². The molecule has 1 saturated carbocycles. The Hall–Kier alpha value is -1.34. The number of hydrogen-bond acceptors (Lipinski definition) is 4. The van der Waals surface area contributed by atoms with Crippen LogP contribution in [0, 0.1) is 11.3 Å². The number of hydrogen-bond donors (Lipinski definition) is 0. The van der Waals surface area contributed by atoms with Gasteiger partial charge in [-0.25, -0.2) is 4.79 Å². The van der Waals surface area contributed by atoms with Crippen molar-refractivity contribution in [3.63, 3.8) is 0 Å². The number of nitriles is 1. The molecule has 0 unspecified atom stereocenters. The van der Waals surface area contributed by atoms with Crippen molar-refractivity contribution < 1.29 is 9.53 Å². The molecule has 0 saturated heterocycles. The summed E-state index contributed by atoms with van der Waals surface area (Å²) in [6, 6.07) is 2.75. The van der Waals surface area contributed by atoms with E-state index in [1.807, 2.05) is 6.08 Å². The van der Waals surface area contributed by atoms with Gasteiger partial charge < -0.3 is 4.74 Å². The Morgan fingerprint density at radius 2 is 2.31 bits per heavy atom. The fourth-order valence-corrected chi connectivity index (χ4v) is 1.55. The molecule has 1 aliphatic carbocycles. The molecule has 0 radical (unpaired) electrons. The molecule has 4 nitrogen and oxygen atoms in total. The van der Waals surface area contributed by atoms with Crippen LogP contribution in [0.4, 0.5) is 0 Å². The van der Waals surface area contributed by atoms with E-state index in [-0.39, 0.29) is 5.97 Å². The second-order valence-corrected chi connectivity index (χ2v) is 4.01. The van der Waals surface area contributed by atoms with Gasteiger partial charge in [0.1, 0.15) is 0 Å². The van der Waals surface area contributed by atoms with Gasteiger partial charge in [-0.2, -0.15) is 5.26 Å². The van der Waals surface area contributed by atoms with Crippen LogP contribution in [0.2, 0.25) is 0 Å². The van der Waals surface area contributed by atoms with E-state index >= 15 is 0 Å². The van der Waals surface area contributed by atoms with Crippen LogP contribution in [0.15, 0.2) is 11.6 Å². The molecule has 1 fully saturated rings. The standard InChI is InChI=1S/C12H18N2O2/c1-10(12(15)16-2)6-9-14(8-3-7-13)11-4-5-11/h6,11H,3-5,8-9H2,1-2H3. The Kier molecular flexibility index (Phi) is 5.00. The maximum atomic E-state index is 11.2. The first-order valence-electron chi connectivity index (χ1n) is 5.55. The first-order valence-corrected chi connectivity index (χ1v) is 5.55. The summed E-state index contributed by atoms with van der Waals surface area (Å²) >= 11 is 0. The molecule has 1 rings (SSSR count). The van der Waals surface area contributed by atoms with Gasteiger partial charge in [0.15, 0.2) is 0 Å². The largest absolute Gasteiger partial charge is 0.466 e. The molecule has 0 aromatic rings. The molecule has 88 valence electrons. The van der Waals surface area contributed by atoms with Crippen molar-refractivity contribution in [1.29, 1.82) is 5.26 Å². The first-order chi connectivity index (χ1) is 7.69. The van der Waals surface area contributed by atoms with E-state index in [2.05, 4.69) is 15.7 Å². The molecule has 4 heteroatoms. The molecular formula is C12H18N2O2. The minimum Gasteiger partial charge on any atom is -0.466 e. The van der Waals surface area contributed by atoms with Crippen molar-refractivity contribution in [2.75, 3.05) is 20.2 Å². The van der Waals surface area contributed by atoms with Crippen LogP contribution in [-0.4, -0.2) is 37.1 Å². The SMILES string of the molecule is COC(=O)C(C)=CCN(CCC#N)C1CC1. The molecule has 1 aliphatic rings. The van der Waals surface area contributed by atoms with Crippen LogP contribution in [-0.2, 0) is 9.53 Å². The van der Waals surface area contributed by atoms with E-state index in [9.17, 15) is 4.79 Å². The zero-order valence-corrected chi connectivity index (χ0v) is 9.90. The van der Waals surface area contributed by atoms with Crippen molar-refractivity contribution in [1.82, 2.24) is 4.90 Å². The minimum atomic E-state index is -0.281. The number of ether oxygens (including phenoxy) is 1. The molecule has 0 bridgehead atoms. The normalized spacial score (nSPS) is 16.0. The second kappa shape index (κ2) is 6.29. The van der Waals surface area contributed by atoms with Gasteiger partial charge in [0.05, 0.1) is 13.2 Å². The zero-order chi connectivity index (χ0) is 12.0. The summed E-state index contributed by atoms with van der Waals surface area (Å²) in [7, 11) is 1.38. The van der Waals surface area contributed by atoms with Gasteiger partial charge in [-0.3, -0.25) is 4.90 Å². The summed E-state index contributed by atoms with van der Waals surface area (Å²) in [5.41, 5.74) is 0.630. The van der Waals surface area contributed by atoms with Crippen LogP contribution in [0.5, 0.6) is 0 Å². The Labute approximate surface area is 96.5 Å². The predicted octanol–water partition coefficient (Wildman–Crippen LogP) is 1.48. The summed E-state index contributed by atoms with van der Waals surface area (Å²) in [5.74, 6) is -0.281.